The van der Waals surface area contributed by atoms with Gasteiger partial charge in [0, 0.05) is 32.7 Å². The number of nitrogens with one attached hydrogen (secondary N) is 1. The highest BCUT2D eigenvalue weighted by atomic mass is 19.4. The first-order valence-corrected chi connectivity index (χ1v) is 12.2. The van der Waals surface area contributed by atoms with Crippen molar-refractivity contribution in [3.8, 4) is 0 Å². The minimum absolute atomic E-state index is 0.0117. The van der Waals surface area contributed by atoms with Gasteiger partial charge in [0.15, 0.2) is 0 Å². The second-order valence-corrected chi connectivity index (χ2v) is 9.58. The average Bonchev–Trinajstić information content (AvgIpc) is 2.84. The van der Waals surface area contributed by atoms with E-state index in [4.69, 9.17) is 5.73 Å². The summed E-state index contributed by atoms with van der Waals surface area (Å²) in [5.41, 5.74) is 3.74. The Hall–Kier alpha value is -2.86. The fourth-order valence-electron chi connectivity index (χ4n) is 4.79. The molecule has 210 valence electrons. The van der Waals surface area contributed by atoms with Gasteiger partial charge in [-0.3, -0.25) is 0 Å². The molecule has 1 aliphatic heterocycles. The maximum Gasteiger partial charge on any atom is 0.416 e. The number of likely N-dealkylation sites (tertiary alicyclic amines) is 1. The molecule has 2 aromatic carbocycles. The Bertz CT molecular complexity index is 1100. The monoisotopic (exact) mass is 548 g/mol. The van der Waals surface area contributed by atoms with Crippen LogP contribution in [-0.2, 0) is 12.4 Å². The molecule has 0 unspecified atom stereocenters. The van der Waals surface area contributed by atoms with E-state index in [1.807, 2.05) is 0 Å². The third kappa shape index (κ3) is 6.76. The highest BCUT2D eigenvalue weighted by Gasteiger charge is 2.39. The lowest BCUT2D eigenvalue weighted by Gasteiger charge is -2.43. The maximum absolute atomic E-state index is 13.8. The smallest absolute Gasteiger partial charge is 0.329 e. The molecule has 2 aromatic rings. The third-order valence-electron chi connectivity index (χ3n) is 6.99. The van der Waals surface area contributed by atoms with Crippen LogP contribution in [0.4, 0.5) is 35.5 Å². The predicted octanol–water partition coefficient (Wildman–Crippen LogP) is 6.04. The van der Waals surface area contributed by atoms with Crippen molar-refractivity contribution in [1.82, 2.24) is 15.1 Å². The summed E-state index contributed by atoms with van der Waals surface area (Å²) in [7, 11) is 1.34. The number of rotatable bonds is 6. The van der Waals surface area contributed by atoms with Gasteiger partial charge in [0.25, 0.3) is 0 Å². The first kappa shape index (κ1) is 29.7. The Morgan fingerprint density at radius 2 is 1.71 bits per heavy atom. The summed E-state index contributed by atoms with van der Waals surface area (Å²) in [6.07, 6.45) is -8.96. The van der Waals surface area contributed by atoms with Gasteiger partial charge in [-0.15, -0.1) is 0 Å². The fraction of sp³-hybridized carbons (Fsp3) is 0.500. The number of urea groups is 1. The van der Waals surface area contributed by atoms with Gasteiger partial charge in [0.1, 0.15) is 5.82 Å². The van der Waals surface area contributed by atoms with Crippen LogP contribution in [0.1, 0.15) is 59.7 Å². The lowest BCUT2D eigenvalue weighted by atomic mass is 9.89. The summed E-state index contributed by atoms with van der Waals surface area (Å²) in [4.78, 5) is 16.3. The second kappa shape index (κ2) is 11.5. The van der Waals surface area contributed by atoms with Crippen LogP contribution in [0.2, 0.25) is 0 Å². The summed E-state index contributed by atoms with van der Waals surface area (Å²) < 4.78 is 94.1. The van der Waals surface area contributed by atoms with Crippen LogP contribution in [-0.4, -0.2) is 48.6 Å². The molecular weight excluding hydrogens is 517 g/mol. The number of amides is 2. The van der Waals surface area contributed by atoms with Gasteiger partial charge in [-0.1, -0.05) is 6.07 Å². The molecule has 1 aliphatic rings. The van der Waals surface area contributed by atoms with Crippen LogP contribution in [0.25, 0.3) is 0 Å². The molecule has 2 amide bonds. The number of carbonyl (C=O) groups is 1. The van der Waals surface area contributed by atoms with Crippen LogP contribution in [0.3, 0.4) is 0 Å². The Morgan fingerprint density at radius 3 is 2.24 bits per heavy atom. The zero-order chi connectivity index (χ0) is 28.4. The standard InChI is InChI=1S/C26H31F7N4O/c1-15-10-20(27)4-5-22(15)23-14-21(35-8-7-34)6-9-37(23)24(38)36(3)16(2)17-11-18(25(28,29)30)13-19(12-17)26(31,32)33/h4-5,10-13,16,21,23,35H,6-9,14,34H2,1-3H3/t16-,21+,23-/m1/s1. The van der Waals surface area contributed by atoms with E-state index in [1.54, 1.807) is 13.0 Å². The van der Waals surface area contributed by atoms with E-state index in [2.05, 4.69) is 5.32 Å². The molecule has 3 rings (SSSR count). The van der Waals surface area contributed by atoms with E-state index in [0.717, 1.165) is 4.90 Å². The van der Waals surface area contributed by atoms with E-state index in [1.165, 1.54) is 31.0 Å². The highest BCUT2D eigenvalue weighted by Crippen LogP contribution is 2.39. The van der Waals surface area contributed by atoms with E-state index in [-0.39, 0.29) is 24.2 Å². The van der Waals surface area contributed by atoms with Gasteiger partial charge in [-0.25, -0.2) is 9.18 Å². The van der Waals surface area contributed by atoms with Crippen molar-refractivity contribution in [3.05, 3.63) is 70.0 Å². The number of carbonyl (C=O) groups excluding carboxylic acids is 1. The van der Waals surface area contributed by atoms with Crippen LogP contribution in [0.5, 0.6) is 0 Å². The number of halogens is 7. The topological polar surface area (TPSA) is 61.6 Å². The molecule has 0 radical (unpaired) electrons. The molecule has 0 spiro atoms. The van der Waals surface area contributed by atoms with Crippen LogP contribution in [0.15, 0.2) is 36.4 Å². The number of nitrogens with zero attached hydrogens (tertiary/aromatic N) is 2. The van der Waals surface area contributed by atoms with E-state index in [9.17, 15) is 35.5 Å². The number of alkyl halides is 6. The largest absolute Gasteiger partial charge is 0.416 e. The molecule has 5 nitrogen and oxygen atoms in total. The van der Waals surface area contributed by atoms with Crippen LogP contribution >= 0.6 is 0 Å². The van der Waals surface area contributed by atoms with Crippen molar-refractivity contribution in [2.45, 2.75) is 57.2 Å². The molecule has 0 aromatic heterocycles. The van der Waals surface area contributed by atoms with Gasteiger partial charge in [0.2, 0.25) is 0 Å². The SMILES string of the molecule is Cc1cc(F)ccc1[C@H]1C[C@@H](NCCN)CCN1C(=O)N(C)[C@H](C)c1cc(C(F)(F)F)cc(C(F)(F)F)c1. The van der Waals surface area contributed by atoms with E-state index in [0.29, 0.717) is 49.2 Å². The molecule has 38 heavy (non-hydrogen) atoms. The molecule has 3 N–H and O–H groups in total. The van der Waals surface area contributed by atoms with E-state index < -0.39 is 47.4 Å². The average molecular weight is 549 g/mol. The Labute approximate surface area is 216 Å². The summed E-state index contributed by atoms with van der Waals surface area (Å²) in [5, 5.41) is 3.32. The van der Waals surface area contributed by atoms with Crippen molar-refractivity contribution < 1.29 is 35.5 Å². The first-order chi connectivity index (χ1) is 17.6. The van der Waals surface area contributed by atoms with Crippen LogP contribution < -0.4 is 11.1 Å². The first-order valence-electron chi connectivity index (χ1n) is 12.2. The van der Waals surface area contributed by atoms with Gasteiger partial charge >= 0.3 is 18.4 Å². The third-order valence-corrected chi connectivity index (χ3v) is 6.99. The molecule has 1 fully saturated rings. The van der Waals surface area contributed by atoms with Gasteiger partial charge in [-0.05, 0) is 73.7 Å². The second-order valence-electron chi connectivity index (χ2n) is 9.58. The highest BCUT2D eigenvalue weighted by molar-refractivity contribution is 5.75. The maximum atomic E-state index is 13.8. The van der Waals surface area contributed by atoms with Gasteiger partial charge in [0.05, 0.1) is 23.2 Å². The molecule has 0 saturated carbocycles. The van der Waals surface area contributed by atoms with Crippen molar-refractivity contribution in [2.24, 2.45) is 5.73 Å². The number of hydrogen-bond donors (Lipinski definition) is 2. The Kier molecular flexibility index (Phi) is 8.97. The minimum atomic E-state index is -5.00. The quantitative estimate of drug-likeness (QED) is 0.433. The number of aryl methyl sites for hydroxylation is 1. The number of hydrogen-bond acceptors (Lipinski definition) is 3. The molecule has 0 aliphatic carbocycles. The van der Waals surface area contributed by atoms with E-state index >= 15 is 0 Å². The van der Waals surface area contributed by atoms with Crippen LogP contribution in [0, 0.1) is 12.7 Å². The predicted molar refractivity (Wildman–Crippen MR) is 129 cm³/mol. The molecule has 1 heterocycles. The van der Waals surface area contributed by atoms with Gasteiger partial charge in [-0.2, -0.15) is 26.3 Å². The zero-order valence-corrected chi connectivity index (χ0v) is 21.3. The van der Waals surface area contributed by atoms with Crippen molar-refractivity contribution in [1.29, 1.82) is 0 Å². The zero-order valence-electron chi connectivity index (χ0n) is 21.3. The van der Waals surface area contributed by atoms with Crippen molar-refractivity contribution >= 4 is 6.03 Å². The number of piperidine rings is 1. The molecule has 12 heteroatoms. The summed E-state index contributed by atoms with van der Waals surface area (Å²) >= 11 is 0. The van der Waals surface area contributed by atoms with Crippen molar-refractivity contribution in [3.63, 3.8) is 0 Å². The summed E-state index contributed by atoms with van der Waals surface area (Å²) in [5.74, 6) is -0.437. The molecule has 0 bridgehead atoms. The number of benzene rings is 2. The molecule has 1 saturated heterocycles. The normalized spacial score (nSPS) is 19.4. The fourth-order valence-corrected chi connectivity index (χ4v) is 4.79. The minimum Gasteiger partial charge on any atom is -0.329 e. The number of nitrogens with two attached hydrogens (primary N) is 1. The molecule has 3 atom stereocenters. The lowest BCUT2D eigenvalue weighted by Crippen LogP contribution is -2.51. The summed E-state index contributed by atoms with van der Waals surface area (Å²) in [6.45, 7) is 4.33. The Balaban J connectivity index is 1.95. The summed E-state index contributed by atoms with van der Waals surface area (Å²) in [6, 6.07) is 3.41. The lowest BCUT2D eigenvalue weighted by molar-refractivity contribution is -0.143. The Morgan fingerprint density at radius 1 is 1.11 bits per heavy atom. The van der Waals surface area contributed by atoms with Gasteiger partial charge < -0.3 is 20.9 Å². The molecular formula is C26H31F7N4O. The van der Waals surface area contributed by atoms with Crippen molar-refractivity contribution in [2.75, 3.05) is 26.7 Å².